The van der Waals surface area contributed by atoms with E-state index in [1.165, 1.54) is 36.4 Å². The molecule has 0 saturated carbocycles. The lowest BCUT2D eigenvalue weighted by atomic mass is 9.93. The number of carbonyl (C=O) groups excluding carboxylic acids is 2. The zero-order chi connectivity index (χ0) is 39.4. The molecule has 5 aliphatic heterocycles. The van der Waals surface area contributed by atoms with Crippen LogP contribution < -0.4 is 29.9 Å². The van der Waals surface area contributed by atoms with Crippen LogP contribution in [0.25, 0.3) is 11.3 Å². The number of imide groups is 1. The van der Waals surface area contributed by atoms with Crippen LogP contribution in [-0.2, 0) is 29.2 Å². The Bertz CT molecular complexity index is 2220. The maximum absolute atomic E-state index is 15.0. The Labute approximate surface area is 326 Å². The van der Waals surface area contributed by atoms with E-state index in [0.29, 0.717) is 49.7 Å². The molecule has 4 aromatic rings. The molecular weight excluding hydrogens is 743 g/mol. The SMILES string of the molecule is COc1cc(CN2CCN(c3ccc4c(c3)CN(C3CCC(=O)NC3=O)C4)CC2)cnc1O[C@H]1CN2c3cc(-c4cccc(F)c4O)nnc3NC[C@]2(C(F)F)C1. The zero-order valence-electron chi connectivity index (χ0n) is 31.3. The number of piperazine rings is 1. The van der Waals surface area contributed by atoms with Crippen LogP contribution >= 0.6 is 0 Å². The van der Waals surface area contributed by atoms with Gasteiger partial charge in [-0.1, -0.05) is 12.1 Å². The summed E-state index contributed by atoms with van der Waals surface area (Å²) >= 11 is 0. The van der Waals surface area contributed by atoms with Gasteiger partial charge >= 0.3 is 0 Å². The highest BCUT2D eigenvalue weighted by Crippen LogP contribution is 2.47. The second-order valence-electron chi connectivity index (χ2n) is 15.4. The maximum Gasteiger partial charge on any atom is 0.263 e. The summed E-state index contributed by atoms with van der Waals surface area (Å²) in [7, 11) is 1.52. The molecule has 3 atom stereocenters. The van der Waals surface area contributed by atoms with E-state index in [-0.39, 0.29) is 54.5 Å². The molecule has 1 unspecified atom stereocenters. The number of carbonyl (C=O) groups is 2. The number of aromatic nitrogens is 3. The third kappa shape index (κ3) is 6.81. The van der Waals surface area contributed by atoms with Crippen LogP contribution in [0.1, 0.15) is 36.0 Å². The van der Waals surface area contributed by atoms with Crippen LogP contribution in [0.5, 0.6) is 17.4 Å². The molecule has 17 heteroatoms. The number of alkyl halides is 2. The second kappa shape index (κ2) is 14.7. The number of amides is 2. The van der Waals surface area contributed by atoms with Gasteiger partial charge in [0.05, 0.1) is 31.1 Å². The molecule has 2 aromatic heterocycles. The number of fused-ring (bicyclic) bond motifs is 4. The van der Waals surface area contributed by atoms with Crippen LogP contribution in [0.15, 0.2) is 54.7 Å². The van der Waals surface area contributed by atoms with Crippen molar-refractivity contribution in [3.63, 3.8) is 0 Å². The Morgan fingerprint density at radius 3 is 2.65 bits per heavy atom. The number of anilines is 3. The largest absolute Gasteiger partial charge is 0.504 e. The monoisotopic (exact) mass is 785 g/mol. The summed E-state index contributed by atoms with van der Waals surface area (Å²) in [4.78, 5) is 37.1. The number of ether oxygens (including phenoxy) is 2. The van der Waals surface area contributed by atoms with Gasteiger partial charge in [-0.2, -0.15) is 0 Å². The van der Waals surface area contributed by atoms with Crippen molar-refractivity contribution in [2.45, 2.75) is 63.0 Å². The van der Waals surface area contributed by atoms with Gasteiger partial charge in [0.25, 0.3) is 12.3 Å². The van der Waals surface area contributed by atoms with Gasteiger partial charge in [0.1, 0.15) is 11.6 Å². The van der Waals surface area contributed by atoms with Gasteiger partial charge in [-0.3, -0.25) is 24.7 Å². The third-order valence-electron chi connectivity index (χ3n) is 11.9. The predicted molar refractivity (Wildman–Crippen MR) is 203 cm³/mol. The molecule has 57 heavy (non-hydrogen) atoms. The Morgan fingerprint density at radius 1 is 1.04 bits per heavy atom. The lowest BCUT2D eigenvalue weighted by Crippen LogP contribution is -2.57. The number of hydrogen-bond donors (Lipinski definition) is 3. The molecule has 14 nitrogen and oxygen atoms in total. The van der Waals surface area contributed by atoms with Gasteiger partial charge in [-0.25, -0.2) is 18.2 Å². The van der Waals surface area contributed by atoms with Crippen LogP contribution in [0.3, 0.4) is 0 Å². The first-order valence-corrected chi connectivity index (χ1v) is 19.1. The molecule has 2 aromatic carbocycles. The number of phenolic OH excluding ortho intramolecular Hbond substituents is 1. The predicted octanol–water partition coefficient (Wildman–Crippen LogP) is 3.92. The molecule has 3 fully saturated rings. The molecule has 0 spiro atoms. The smallest absolute Gasteiger partial charge is 0.263 e. The number of hydrogen-bond acceptors (Lipinski definition) is 13. The summed E-state index contributed by atoms with van der Waals surface area (Å²) in [5, 5.41) is 24.1. The number of para-hydroxylation sites is 1. The third-order valence-corrected chi connectivity index (χ3v) is 11.9. The number of benzene rings is 2. The van der Waals surface area contributed by atoms with Crippen molar-refractivity contribution in [3.05, 3.63) is 77.2 Å². The van der Waals surface area contributed by atoms with Gasteiger partial charge in [0.2, 0.25) is 11.8 Å². The molecule has 5 aliphatic rings. The van der Waals surface area contributed by atoms with Crippen LogP contribution in [0, 0.1) is 5.82 Å². The number of nitrogens with zero attached hydrogens (tertiary/aromatic N) is 7. The average molecular weight is 786 g/mol. The summed E-state index contributed by atoms with van der Waals surface area (Å²) in [6.45, 7) is 5.34. The number of aromatic hydroxyl groups is 1. The quantitative estimate of drug-likeness (QED) is 0.211. The highest BCUT2D eigenvalue weighted by atomic mass is 19.3. The van der Waals surface area contributed by atoms with Gasteiger partial charge in [0, 0.05) is 82.6 Å². The number of halogens is 3. The van der Waals surface area contributed by atoms with E-state index in [1.807, 2.05) is 6.07 Å². The first-order valence-electron chi connectivity index (χ1n) is 19.1. The van der Waals surface area contributed by atoms with Crippen LogP contribution in [0.4, 0.5) is 30.4 Å². The van der Waals surface area contributed by atoms with Crippen molar-refractivity contribution in [2.24, 2.45) is 0 Å². The van der Waals surface area contributed by atoms with E-state index < -0.39 is 29.6 Å². The minimum absolute atomic E-state index is 0.0147. The Balaban J connectivity index is 0.835. The minimum Gasteiger partial charge on any atom is -0.504 e. The molecule has 3 saturated heterocycles. The number of methoxy groups -OCH3 is 1. The molecule has 0 bridgehead atoms. The number of piperidine rings is 1. The van der Waals surface area contributed by atoms with Gasteiger partial charge in [0.15, 0.2) is 23.1 Å². The van der Waals surface area contributed by atoms with Crippen LogP contribution in [0.2, 0.25) is 0 Å². The summed E-state index contributed by atoms with van der Waals surface area (Å²) in [6, 6.07) is 13.7. The first kappa shape index (κ1) is 36.9. The van der Waals surface area contributed by atoms with Gasteiger partial charge < -0.3 is 29.7 Å². The normalized spacial score (nSPS) is 23.5. The standard InChI is InChI=1S/C40H42F3N9O5/c1-56-33-13-23(18-49-9-11-50(12-10-49)26-6-5-24-19-51(20-25(24)14-26)31-7-8-34(53)46-37(31)55)17-44-38(33)57-27-16-40(39(42)43)22-45-36-32(52(40)21-27)15-30(47-48-36)28-3-2-4-29(41)35(28)54/h2-6,13-15,17,27,31,39,54H,7-12,16,18-22H2,1H3,(H,45,48)(H,46,53,55)/t27-,31?,40+/m1/s1. The molecule has 7 heterocycles. The van der Waals surface area contributed by atoms with Crippen molar-refractivity contribution >= 4 is 29.0 Å². The molecular formula is C40H42F3N9O5. The summed E-state index contributed by atoms with van der Waals surface area (Å²) in [6.07, 6.45) is -0.795. The highest BCUT2D eigenvalue weighted by Gasteiger charge is 2.56. The van der Waals surface area contributed by atoms with E-state index >= 15 is 0 Å². The average Bonchev–Trinajstić information content (AvgIpc) is 3.82. The molecule has 0 radical (unpaired) electrons. The molecule has 3 N–H and O–H groups in total. The van der Waals surface area contributed by atoms with Gasteiger partial charge in [-0.05, 0) is 59.5 Å². The zero-order valence-corrected chi connectivity index (χ0v) is 31.3. The first-order chi connectivity index (χ1) is 27.6. The van der Waals surface area contributed by atoms with E-state index in [2.05, 4.69) is 58.7 Å². The fourth-order valence-electron chi connectivity index (χ4n) is 8.86. The Hall–Kier alpha value is -5.68. The van der Waals surface area contributed by atoms with E-state index in [4.69, 9.17) is 9.47 Å². The van der Waals surface area contributed by atoms with E-state index in [0.717, 1.165) is 43.5 Å². The molecule has 0 aliphatic carbocycles. The summed E-state index contributed by atoms with van der Waals surface area (Å²) < 4.78 is 56.1. The highest BCUT2D eigenvalue weighted by molar-refractivity contribution is 6.00. The Kier molecular flexibility index (Phi) is 9.51. The number of nitrogens with one attached hydrogen (secondary N) is 2. The van der Waals surface area contributed by atoms with Crippen molar-refractivity contribution in [1.82, 2.24) is 30.3 Å². The van der Waals surface area contributed by atoms with Crippen molar-refractivity contribution < 1.29 is 37.3 Å². The Morgan fingerprint density at radius 2 is 1.86 bits per heavy atom. The van der Waals surface area contributed by atoms with E-state index in [1.54, 1.807) is 11.1 Å². The summed E-state index contributed by atoms with van der Waals surface area (Å²) in [5.41, 5.74) is 3.48. The fourth-order valence-corrected chi connectivity index (χ4v) is 8.86. The van der Waals surface area contributed by atoms with Gasteiger partial charge in [-0.15, -0.1) is 10.2 Å². The van der Waals surface area contributed by atoms with Crippen LogP contribution in [-0.4, -0.2) is 112 Å². The molecule has 9 rings (SSSR count). The van der Waals surface area contributed by atoms with Crippen molar-refractivity contribution in [1.29, 1.82) is 0 Å². The lowest BCUT2D eigenvalue weighted by Gasteiger charge is -2.43. The van der Waals surface area contributed by atoms with E-state index in [9.17, 15) is 27.9 Å². The lowest BCUT2D eigenvalue weighted by molar-refractivity contribution is -0.137. The molecule has 2 amide bonds. The number of phenols is 1. The number of pyridine rings is 1. The minimum atomic E-state index is -2.75. The van der Waals surface area contributed by atoms with Crippen molar-refractivity contribution in [3.8, 4) is 28.6 Å². The topological polar surface area (TPSA) is 149 Å². The fraction of sp³-hybridized carbons (Fsp3) is 0.425. The number of rotatable bonds is 9. The summed E-state index contributed by atoms with van der Waals surface area (Å²) in [5.74, 6) is -0.922. The van der Waals surface area contributed by atoms with Crippen molar-refractivity contribution in [2.75, 3.05) is 61.5 Å². The maximum atomic E-state index is 15.0. The second-order valence-corrected chi connectivity index (χ2v) is 15.4. The molecule has 298 valence electrons.